The maximum atomic E-state index is 11.6. The van der Waals surface area contributed by atoms with Crippen molar-refractivity contribution in [2.45, 2.75) is 63.3 Å². The monoisotopic (exact) mass is 277 g/mol. The fourth-order valence-electron chi connectivity index (χ4n) is 2.14. The molecule has 2 atom stereocenters. The van der Waals surface area contributed by atoms with Gasteiger partial charge in [-0.3, -0.25) is 0 Å². The second kappa shape index (κ2) is 5.47. The molecule has 0 heterocycles. The van der Waals surface area contributed by atoms with Gasteiger partial charge >= 0.3 is 6.09 Å². The zero-order valence-electron chi connectivity index (χ0n) is 11.5. The number of hydrogen-bond donors (Lipinski definition) is 1. The van der Waals surface area contributed by atoms with Gasteiger partial charge in [0.1, 0.15) is 15.4 Å². The molecule has 0 aromatic heterocycles. The largest absolute Gasteiger partial charge is 0.444 e. The van der Waals surface area contributed by atoms with Crippen LogP contribution in [0.3, 0.4) is 0 Å². The second-order valence-corrected chi connectivity index (χ2v) is 8.29. The first-order valence-electron chi connectivity index (χ1n) is 6.26. The third-order valence-corrected chi connectivity index (χ3v) is 4.59. The average molecular weight is 277 g/mol. The standard InChI is InChI=1S/C12H23NO4S/c1-12(2,3)17-11(14)13-9-6-5-7-10(8-9)18(4,15)16/h9-10H,5-8H2,1-4H3,(H,13,14)/t9-,10-/m1/s1. The molecule has 1 amide bonds. The van der Waals surface area contributed by atoms with Gasteiger partial charge in [0.15, 0.2) is 0 Å². The Morgan fingerprint density at radius 1 is 1.28 bits per heavy atom. The van der Waals surface area contributed by atoms with Crippen molar-refractivity contribution < 1.29 is 17.9 Å². The summed E-state index contributed by atoms with van der Waals surface area (Å²) < 4.78 is 28.2. The van der Waals surface area contributed by atoms with Crippen LogP contribution in [-0.2, 0) is 14.6 Å². The van der Waals surface area contributed by atoms with Crippen LogP contribution in [0.2, 0.25) is 0 Å². The van der Waals surface area contributed by atoms with Crippen molar-refractivity contribution in [2.24, 2.45) is 0 Å². The van der Waals surface area contributed by atoms with Gasteiger partial charge in [-0.15, -0.1) is 0 Å². The van der Waals surface area contributed by atoms with Gasteiger partial charge in [0.05, 0.1) is 5.25 Å². The van der Waals surface area contributed by atoms with Gasteiger partial charge in [0, 0.05) is 12.3 Å². The minimum atomic E-state index is -3.02. The first-order chi connectivity index (χ1) is 8.08. The number of alkyl carbamates (subject to hydrolysis) is 1. The summed E-state index contributed by atoms with van der Waals surface area (Å²) in [5.41, 5.74) is -0.533. The van der Waals surface area contributed by atoms with E-state index in [1.165, 1.54) is 6.26 Å². The molecule has 1 aliphatic carbocycles. The summed E-state index contributed by atoms with van der Waals surface area (Å²) >= 11 is 0. The van der Waals surface area contributed by atoms with Crippen molar-refractivity contribution in [3.05, 3.63) is 0 Å². The second-order valence-electron chi connectivity index (χ2n) is 5.96. The number of hydrogen-bond acceptors (Lipinski definition) is 4. The Kier molecular flexibility index (Phi) is 4.64. The van der Waals surface area contributed by atoms with E-state index in [2.05, 4.69) is 5.32 Å². The predicted octanol–water partition coefficient (Wildman–Crippen LogP) is 1.87. The highest BCUT2D eigenvalue weighted by Crippen LogP contribution is 2.24. The van der Waals surface area contributed by atoms with Crippen LogP contribution in [0.1, 0.15) is 46.5 Å². The smallest absolute Gasteiger partial charge is 0.407 e. The zero-order chi connectivity index (χ0) is 14.0. The van der Waals surface area contributed by atoms with Crippen LogP contribution in [0, 0.1) is 0 Å². The van der Waals surface area contributed by atoms with Crippen molar-refractivity contribution >= 4 is 15.9 Å². The molecule has 0 radical (unpaired) electrons. The van der Waals surface area contributed by atoms with E-state index < -0.39 is 21.5 Å². The molecule has 5 nitrogen and oxygen atoms in total. The van der Waals surface area contributed by atoms with Gasteiger partial charge in [0.2, 0.25) is 0 Å². The summed E-state index contributed by atoms with van der Waals surface area (Å²) in [6.45, 7) is 5.40. The van der Waals surface area contributed by atoms with Gasteiger partial charge < -0.3 is 10.1 Å². The molecule has 1 rings (SSSR count). The highest BCUT2D eigenvalue weighted by molar-refractivity contribution is 7.91. The minimum Gasteiger partial charge on any atom is -0.444 e. The first-order valence-corrected chi connectivity index (χ1v) is 8.22. The molecule has 1 fully saturated rings. The number of rotatable bonds is 2. The van der Waals surface area contributed by atoms with Gasteiger partial charge in [-0.2, -0.15) is 0 Å². The Labute approximate surface area is 109 Å². The van der Waals surface area contributed by atoms with E-state index in [0.29, 0.717) is 12.8 Å². The Morgan fingerprint density at radius 3 is 2.39 bits per heavy atom. The van der Waals surface area contributed by atoms with Gasteiger partial charge in [0.25, 0.3) is 0 Å². The Hall–Kier alpha value is -0.780. The number of ether oxygens (including phenoxy) is 1. The van der Waals surface area contributed by atoms with E-state index in [1.807, 2.05) is 0 Å². The topological polar surface area (TPSA) is 72.5 Å². The van der Waals surface area contributed by atoms with E-state index in [9.17, 15) is 13.2 Å². The van der Waals surface area contributed by atoms with Gasteiger partial charge in [-0.25, -0.2) is 13.2 Å². The first kappa shape index (κ1) is 15.3. The molecular weight excluding hydrogens is 254 g/mol. The number of carbonyl (C=O) groups excluding carboxylic acids is 1. The summed E-state index contributed by atoms with van der Waals surface area (Å²) in [5.74, 6) is 0. The Bertz CT molecular complexity index is 397. The maximum absolute atomic E-state index is 11.6. The molecule has 18 heavy (non-hydrogen) atoms. The molecule has 0 saturated heterocycles. The van der Waals surface area contributed by atoms with Gasteiger partial charge in [-0.05, 0) is 40.0 Å². The highest BCUT2D eigenvalue weighted by Gasteiger charge is 2.30. The third-order valence-electron chi connectivity index (χ3n) is 2.95. The predicted molar refractivity (Wildman–Crippen MR) is 70.3 cm³/mol. The lowest BCUT2D eigenvalue weighted by Gasteiger charge is -2.29. The van der Waals surface area contributed by atoms with E-state index in [0.717, 1.165) is 12.8 Å². The summed E-state index contributed by atoms with van der Waals surface area (Å²) in [6, 6.07) is -0.103. The average Bonchev–Trinajstić information content (AvgIpc) is 2.13. The van der Waals surface area contributed by atoms with Crippen molar-refractivity contribution in [3.8, 4) is 0 Å². The Balaban J connectivity index is 2.51. The summed E-state index contributed by atoms with van der Waals surface area (Å²) in [7, 11) is -3.02. The summed E-state index contributed by atoms with van der Waals surface area (Å²) in [4.78, 5) is 11.6. The summed E-state index contributed by atoms with van der Waals surface area (Å²) in [6.07, 6.45) is 3.59. The number of sulfone groups is 1. The molecule has 106 valence electrons. The van der Waals surface area contributed by atoms with E-state index in [4.69, 9.17) is 4.74 Å². The molecular formula is C12H23NO4S. The highest BCUT2D eigenvalue weighted by atomic mass is 32.2. The molecule has 0 aromatic rings. The molecule has 1 aliphatic rings. The number of carbonyl (C=O) groups is 1. The third kappa shape index (κ3) is 5.25. The lowest BCUT2D eigenvalue weighted by Crippen LogP contribution is -2.43. The molecule has 0 aromatic carbocycles. The fraction of sp³-hybridized carbons (Fsp3) is 0.917. The molecule has 6 heteroatoms. The van der Waals surface area contributed by atoms with Crippen LogP contribution in [0.4, 0.5) is 4.79 Å². The van der Waals surface area contributed by atoms with E-state index in [1.54, 1.807) is 20.8 Å². The van der Waals surface area contributed by atoms with Crippen LogP contribution in [0.15, 0.2) is 0 Å². The maximum Gasteiger partial charge on any atom is 0.407 e. The molecule has 0 spiro atoms. The SMILES string of the molecule is CC(C)(C)OC(=O)N[C@@H]1CCC[C@@H](S(C)(=O)=O)C1. The van der Waals surface area contributed by atoms with Crippen LogP contribution >= 0.6 is 0 Å². The lowest BCUT2D eigenvalue weighted by atomic mass is 9.95. The van der Waals surface area contributed by atoms with E-state index >= 15 is 0 Å². The molecule has 0 bridgehead atoms. The van der Waals surface area contributed by atoms with Crippen LogP contribution in [0.5, 0.6) is 0 Å². The Morgan fingerprint density at radius 2 is 1.89 bits per heavy atom. The van der Waals surface area contributed by atoms with Crippen molar-refractivity contribution in [1.29, 1.82) is 0 Å². The molecule has 1 N–H and O–H groups in total. The van der Waals surface area contributed by atoms with Crippen molar-refractivity contribution in [2.75, 3.05) is 6.26 Å². The van der Waals surface area contributed by atoms with Crippen LogP contribution in [-0.4, -0.2) is 37.7 Å². The molecule has 0 aliphatic heterocycles. The molecule has 1 saturated carbocycles. The number of amides is 1. The minimum absolute atomic E-state index is 0.103. The lowest BCUT2D eigenvalue weighted by molar-refractivity contribution is 0.0493. The fourth-order valence-corrected chi connectivity index (χ4v) is 3.32. The summed E-state index contributed by atoms with van der Waals surface area (Å²) in [5, 5.41) is 2.41. The normalized spacial score (nSPS) is 25.6. The van der Waals surface area contributed by atoms with Crippen molar-refractivity contribution in [3.63, 3.8) is 0 Å². The van der Waals surface area contributed by atoms with Gasteiger partial charge in [-0.1, -0.05) is 6.42 Å². The zero-order valence-corrected chi connectivity index (χ0v) is 12.3. The quantitative estimate of drug-likeness (QED) is 0.836. The molecule has 0 unspecified atom stereocenters. The van der Waals surface area contributed by atoms with E-state index in [-0.39, 0.29) is 11.3 Å². The van der Waals surface area contributed by atoms with Crippen molar-refractivity contribution in [1.82, 2.24) is 5.32 Å². The number of nitrogens with one attached hydrogen (secondary N) is 1. The van der Waals surface area contributed by atoms with Crippen LogP contribution in [0.25, 0.3) is 0 Å². The van der Waals surface area contributed by atoms with Crippen LogP contribution < -0.4 is 5.32 Å².